The Morgan fingerprint density at radius 1 is 1.15 bits per heavy atom. The number of carbonyl (C=O) groups excluding carboxylic acids is 2. The number of ether oxygens (including phenoxy) is 1. The largest absolute Gasteiger partial charge is 0.469 e. The second kappa shape index (κ2) is 8.39. The zero-order chi connectivity index (χ0) is 15.1. The summed E-state index contributed by atoms with van der Waals surface area (Å²) in [5, 5.41) is -0.930. The molecule has 1 aliphatic rings. The van der Waals surface area contributed by atoms with E-state index in [1.165, 1.54) is 7.11 Å². The van der Waals surface area contributed by atoms with Crippen LogP contribution < -0.4 is 0 Å². The van der Waals surface area contributed by atoms with Crippen molar-refractivity contribution in [2.24, 2.45) is 0 Å². The Morgan fingerprint density at radius 3 is 2.20 bits per heavy atom. The highest BCUT2D eigenvalue weighted by molar-refractivity contribution is 7.87. The minimum absolute atomic E-state index is 0.0538. The smallest absolute Gasteiger partial charge is 0.306 e. The minimum atomic E-state index is -1.36. The van der Waals surface area contributed by atoms with Gasteiger partial charge in [0.2, 0.25) is 5.91 Å². The lowest BCUT2D eigenvalue weighted by Gasteiger charge is -2.25. The normalized spacial score (nSPS) is 20.6. The molecule has 0 aromatic rings. The first-order chi connectivity index (χ1) is 9.47. The Kier molecular flexibility index (Phi) is 7.19. The van der Waals surface area contributed by atoms with E-state index < -0.39 is 16.0 Å². The van der Waals surface area contributed by atoms with E-state index >= 15 is 0 Å². The van der Waals surface area contributed by atoms with Crippen LogP contribution in [0.15, 0.2) is 0 Å². The van der Waals surface area contributed by atoms with Crippen molar-refractivity contribution in [3.8, 4) is 0 Å². The summed E-state index contributed by atoms with van der Waals surface area (Å²) in [4.78, 5) is 25.4. The van der Waals surface area contributed by atoms with Crippen LogP contribution in [-0.2, 0) is 25.1 Å². The number of carbonyl (C=O) groups is 2. The molecule has 1 fully saturated rings. The van der Waals surface area contributed by atoms with Gasteiger partial charge in [0.25, 0.3) is 0 Å². The van der Waals surface area contributed by atoms with Crippen molar-refractivity contribution in [2.75, 3.05) is 20.2 Å². The maximum absolute atomic E-state index is 12.4. The molecule has 0 saturated carbocycles. The third kappa shape index (κ3) is 4.89. The number of amides is 1. The summed E-state index contributed by atoms with van der Waals surface area (Å²) in [6.07, 6.45) is 4.42. The van der Waals surface area contributed by atoms with Crippen molar-refractivity contribution in [2.45, 2.75) is 56.5 Å². The second-order valence-electron chi connectivity index (χ2n) is 5.30. The molecule has 5 nitrogen and oxygen atoms in total. The predicted molar refractivity (Wildman–Crippen MR) is 78.7 cm³/mol. The molecule has 0 aromatic carbocycles. The summed E-state index contributed by atoms with van der Waals surface area (Å²) in [5.74, 6) is -0.442. The fourth-order valence-corrected chi connectivity index (χ4v) is 3.74. The van der Waals surface area contributed by atoms with Crippen LogP contribution in [0.3, 0.4) is 0 Å². The maximum atomic E-state index is 12.4. The van der Waals surface area contributed by atoms with Crippen molar-refractivity contribution >= 4 is 22.7 Å². The summed E-state index contributed by atoms with van der Waals surface area (Å²) in [6, 6.07) is 0. The summed E-state index contributed by atoms with van der Waals surface area (Å²) in [7, 11) is -0.0519. The van der Waals surface area contributed by atoms with E-state index in [4.69, 9.17) is 0 Å². The summed E-state index contributed by atoms with van der Waals surface area (Å²) in [6.45, 7) is 4.92. The monoisotopic (exact) mass is 303 g/mol. The van der Waals surface area contributed by atoms with Crippen molar-refractivity contribution in [3.05, 3.63) is 0 Å². The molecule has 3 unspecified atom stereocenters. The molecule has 0 bridgehead atoms. The van der Waals surface area contributed by atoms with Gasteiger partial charge < -0.3 is 9.64 Å². The molecule has 20 heavy (non-hydrogen) atoms. The fourth-order valence-electron chi connectivity index (χ4n) is 2.40. The zero-order valence-electron chi connectivity index (χ0n) is 12.6. The molecule has 0 aromatic heterocycles. The van der Waals surface area contributed by atoms with E-state index in [0.717, 1.165) is 38.8 Å². The van der Waals surface area contributed by atoms with Crippen molar-refractivity contribution in [1.82, 2.24) is 4.90 Å². The highest BCUT2D eigenvalue weighted by Gasteiger charge is 2.29. The van der Waals surface area contributed by atoms with Gasteiger partial charge in [0, 0.05) is 29.1 Å². The van der Waals surface area contributed by atoms with Crippen molar-refractivity contribution < 1.29 is 18.5 Å². The number of hydrogen-bond donors (Lipinski definition) is 0. The van der Waals surface area contributed by atoms with Gasteiger partial charge in [-0.15, -0.1) is 0 Å². The van der Waals surface area contributed by atoms with E-state index in [9.17, 15) is 13.8 Å². The van der Waals surface area contributed by atoms with Crippen LogP contribution in [-0.4, -0.2) is 51.7 Å². The van der Waals surface area contributed by atoms with Gasteiger partial charge in [-0.25, -0.2) is 0 Å². The highest BCUT2D eigenvalue weighted by atomic mass is 32.2. The van der Waals surface area contributed by atoms with Crippen molar-refractivity contribution in [3.63, 3.8) is 0 Å². The molecular formula is C14H25NO4S. The highest BCUT2D eigenvalue weighted by Crippen LogP contribution is 2.15. The molecule has 1 rings (SSSR count). The topological polar surface area (TPSA) is 63.7 Å². The average molecular weight is 303 g/mol. The lowest BCUT2D eigenvalue weighted by Crippen LogP contribution is -2.42. The fraction of sp³-hybridized carbons (Fsp3) is 0.857. The standard InChI is InChI=1S/C14H25NO4S/c1-11(10-13(16)19-3)20(18)12(2)14(17)15-8-6-4-5-7-9-15/h11-12H,4-10H2,1-3H3. The molecule has 1 aliphatic heterocycles. The van der Waals surface area contributed by atoms with E-state index in [2.05, 4.69) is 4.74 Å². The lowest BCUT2D eigenvalue weighted by molar-refractivity contribution is -0.140. The molecule has 0 radical (unpaired) electrons. The summed E-state index contributed by atoms with van der Waals surface area (Å²) in [5.41, 5.74) is 0. The quantitative estimate of drug-likeness (QED) is 0.722. The van der Waals surface area contributed by atoms with Crippen molar-refractivity contribution in [1.29, 1.82) is 0 Å². The first-order valence-corrected chi connectivity index (χ1v) is 8.50. The number of likely N-dealkylation sites (tertiary alicyclic amines) is 1. The van der Waals surface area contributed by atoms with Crippen LogP contribution in [0.5, 0.6) is 0 Å². The molecule has 116 valence electrons. The first kappa shape index (κ1) is 17.1. The van der Waals surface area contributed by atoms with Crippen LogP contribution in [0, 0.1) is 0 Å². The van der Waals surface area contributed by atoms with E-state index in [1.807, 2.05) is 4.90 Å². The van der Waals surface area contributed by atoms with Gasteiger partial charge in [-0.05, 0) is 19.8 Å². The number of esters is 1. The molecule has 0 N–H and O–H groups in total. The third-order valence-corrected chi connectivity index (χ3v) is 5.55. The van der Waals surface area contributed by atoms with Crippen LogP contribution in [0.1, 0.15) is 46.0 Å². The average Bonchev–Trinajstić information content (AvgIpc) is 2.73. The number of methoxy groups -OCH3 is 1. The zero-order valence-corrected chi connectivity index (χ0v) is 13.4. The lowest BCUT2D eigenvalue weighted by atomic mass is 10.2. The van der Waals surface area contributed by atoms with E-state index in [-0.39, 0.29) is 23.5 Å². The molecule has 0 spiro atoms. The number of rotatable bonds is 5. The molecule has 6 heteroatoms. The van der Waals surface area contributed by atoms with Gasteiger partial charge >= 0.3 is 5.97 Å². The third-order valence-electron chi connectivity index (χ3n) is 3.69. The van der Waals surface area contributed by atoms with Crippen LogP contribution in [0.2, 0.25) is 0 Å². The molecule has 0 aliphatic carbocycles. The van der Waals surface area contributed by atoms with Gasteiger partial charge in [-0.2, -0.15) is 0 Å². The molecular weight excluding hydrogens is 278 g/mol. The molecule has 1 saturated heterocycles. The Hall–Kier alpha value is -0.910. The van der Waals surface area contributed by atoms with E-state index in [1.54, 1.807) is 13.8 Å². The van der Waals surface area contributed by atoms with Gasteiger partial charge in [0.15, 0.2) is 0 Å². The minimum Gasteiger partial charge on any atom is -0.469 e. The Morgan fingerprint density at radius 2 is 1.70 bits per heavy atom. The number of nitrogens with zero attached hydrogens (tertiary/aromatic N) is 1. The number of hydrogen-bond acceptors (Lipinski definition) is 4. The van der Waals surface area contributed by atoms with Gasteiger partial charge in [0.05, 0.1) is 13.5 Å². The molecule has 1 amide bonds. The van der Waals surface area contributed by atoms with Gasteiger partial charge in [-0.3, -0.25) is 13.8 Å². The SMILES string of the molecule is COC(=O)CC(C)S(=O)C(C)C(=O)N1CCCCCC1. The van der Waals surface area contributed by atoms with Crippen LogP contribution >= 0.6 is 0 Å². The molecule has 3 atom stereocenters. The van der Waals surface area contributed by atoms with Crippen LogP contribution in [0.4, 0.5) is 0 Å². The van der Waals surface area contributed by atoms with Crippen LogP contribution in [0.25, 0.3) is 0 Å². The Bertz CT molecular complexity index is 364. The second-order valence-corrected chi connectivity index (χ2v) is 7.47. The Labute approximate surface area is 123 Å². The van der Waals surface area contributed by atoms with Gasteiger partial charge in [0.1, 0.15) is 5.25 Å². The predicted octanol–water partition coefficient (Wildman–Crippen LogP) is 1.48. The summed E-state index contributed by atoms with van der Waals surface area (Å²) < 4.78 is 16.9. The Balaban J connectivity index is 2.58. The first-order valence-electron chi connectivity index (χ1n) is 7.22. The summed E-state index contributed by atoms with van der Waals surface area (Å²) >= 11 is 0. The van der Waals surface area contributed by atoms with Gasteiger partial charge in [-0.1, -0.05) is 19.8 Å². The van der Waals surface area contributed by atoms with E-state index in [0.29, 0.717) is 0 Å². The molecule has 1 heterocycles. The maximum Gasteiger partial charge on any atom is 0.306 e.